The number of rotatable bonds is 11. The Morgan fingerprint density at radius 2 is 1.88 bits per heavy atom. The standard InChI is InChI=1S/C35H29N9O3S2/c1-44(25-11-10-23-14-26(48-29(23)16-25)15-24(17-36)33-41-27-4-2-3-5-28(27)49-33)12-13-46-35(45)38-18-21-6-8-22(9-7-21)19-47-32-30-31(40-20-39-30)42-34(37)43-32/h2-11,14-16,20H,12-13,18-19H2,1H3,(H,38,45)(H3,37,39,40,42,43)/b24-15+. The monoisotopic (exact) mass is 687 g/mol. The second kappa shape index (κ2) is 14.0. The van der Waals surface area contributed by atoms with Crippen LogP contribution in [0.5, 0.6) is 5.88 Å². The maximum Gasteiger partial charge on any atom is 0.407 e. The quantitative estimate of drug-likeness (QED) is 0.124. The van der Waals surface area contributed by atoms with Crippen molar-refractivity contribution < 1.29 is 14.3 Å². The van der Waals surface area contributed by atoms with E-state index >= 15 is 0 Å². The molecule has 4 heterocycles. The lowest BCUT2D eigenvalue weighted by Gasteiger charge is -2.19. The van der Waals surface area contributed by atoms with Crippen LogP contribution in [-0.2, 0) is 17.9 Å². The number of carbonyl (C=O) groups excluding carboxylic acids is 1. The molecule has 49 heavy (non-hydrogen) atoms. The zero-order valence-electron chi connectivity index (χ0n) is 26.2. The van der Waals surface area contributed by atoms with E-state index in [-0.39, 0.29) is 19.2 Å². The van der Waals surface area contributed by atoms with Crippen molar-refractivity contribution in [2.75, 3.05) is 30.8 Å². The first-order valence-corrected chi connectivity index (χ1v) is 16.9. The van der Waals surface area contributed by atoms with E-state index < -0.39 is 6.09 Å². The molecule has 0 aliphatic rings. The lowest BCUT2D eigenvalue weighted by atomic mass is 10.1. The highest BCUT2D eigenvalue weighted by Gasteiger charge is 2.13. The number of amides is 1. The molecule has 0 aliphatic heterocycles. The molecule has 3 aromatic carbocycles. The maximum atomic E-state index is 12.4. The zero-order valence-corrected chi connectivity index (χ0v) is 27.8. The number of hydrogen-bond acceptors (Lipinski definition) is 12. The minimum Gasteiger partial charge on any atom is -0.471 e. The summed E-state index contributed by atoms with van der Waals surface area (Å²) in [6.07, 6.45) is 2.92. The number of fused-ring (bicyclic) bond motifs is 3. The molecule has 7 rings (SSSR count). The number of imidazole rings is 1. The number of alkyl carbamates (subject to hydrolysis) is 1. The molecule has 7 aromatic rings. The molecule has 0 spiro atoms. The van der Waals surface area contributed by atoms with Crippen molar-refractivity contribution in [1.29, 1.82) is 5.26 Å². The van der Waals surface area contributed by atoms with Gasteiger partial charge in [-0.1, -0.05) is 42.5 Å². The van der Waals surface area contributed by atoms with Crippen LogP contribution in [0, 0.1) is 11.3 Å². The van der Waals surface area contributed by atoms with E-state index in [1.54, 1.807) is 11.3 Å². The van der Waals surface area contributed by atoms with Crippen LogP contribution >= 0.6 is 22.7 Å². The number of benzene rings is 3. The van der Waals surface area contributed by atoms with Gasteiger partial charge in [-0.3, -0.25) is 0 Å². The number of anilines is 2. The minimum absolute atomic E-state index is 0.100. The molecule has 4 N–H and O–H groups in total. The molecule has 0 unspecified atom stereocenters. The van der Waals surface area contributed by atoms with Gasteiger partial charge in [0.05, 0.1) is 28.7 Å². The third kappa shape index (κ3) is 7.28. The lowest BCUT2D eigenvalue weighted by Crippen LogP contribution is -2.28. The van der Waals surface area contributed by atoms with E-state index in [0.717, 1.165) is 42.0 Å². The largest absolute Gasteiger partial charge is 0.471 e. The molecule has 0 fully saturated rings. The van der Waals surface area contributed by atoms with Crippen LogP contribution in [0.4, 0.5) is 16.4 Å². The third-order valence-corrected chi connectivity index (χ3v) is 9.77. The Kier molecular flexibility index (Phi) is 9.00. The summed E-state index contributed by atoms with van der Waals surface area (Å²) in [6.45, 7) is 1.33. The molecule has 0 saturated carbocycles. The van der Waals surface area contributed by atoms with Crippen LogP contribution in [0.15, 0.2) is 79.1 Å². The summed E-state index contributed by atoms with van der Waals surface area (Å²) in [5.74, 6) is 0.409. The predicted octanol–water partition coefficient (Wildman–Crippen LogP) is 6.77. The van der Waals surface area contributed by atoms with Gasteiger partial charge in [-0.15, -0.1) is 22.7 Å². The van der Waals surface area contributed by atoms with Crippen LogP contribution in [0.2, 0.25) is 0 Å². The van der Waals surface area contributed by atoms with E-state index in [4.69, 9.17) is 15.2 Å². The number of para-hydroxylation sites is 1. The fourth-order valence-corrected chi connectivity index (χ4v) is 7.05. The average Bonchev–Trinajstić information content (AvgIpc) is 3.86. The van der Waals surface area contributed by atoms with Crippen molar-refractivity contribution in [2.45, 2.75) is 13.2 Å². The molecule has 4 aromatic heterocycles. The number of carbonyl (C=O) groups is 1. The number of aromatic nitrogens is 5. The number of allylic oxidation sites excluding steroid dienone is 1. The van der Waals surface area contributed by atoms with Crippen LogP contribution < -0.4 is 20.7 Å². The van der Waals surface area contributed by atoms with Crippen LogP contribution in [0.3, 0.4) is 0 Å². The van der Waals surface area contributed by atoms with Gasteiger partial charge in [0.25, 0.3) is 0 Å². The van der Waals surface area contributed by atoms with Crippen LogP contribution in [0.25, 0.3) is 43.1 Å². The first kappa shape index (κ1) is 31.6. The first-order chi connectivity index (χ1) is 23.9. The van der Waals surface area contributed by atoms with E-state index in [2.05, 4.69) is 54.5 Å². The van der Waals surface area contributed by atoms with Gasteiger partial charge in [-0.05, 0) is 52.9 Å². The molecule has 0 aliphatic carbocycles. The van der Waals surface area contributed by atoms with Crippen molar-refractivity contribution in [2.24, 2.45) is 0 Å². The Morgan fingerprint density at radius 1 is 1.04 bits per heavy atom. The Labute approximate surface area is 288 Å². The second-order valence-corrected chi connectivity index (χ2v) is 13.2. The fourth-order valence-electron chi connectivity index (χ4n) is 5.08. The SMILES string of the molecule is CN(CCOC(=O)NCc1ccc(COc2nc(N)nc3[nH]cnc23)cc1)c1ccc2cc(/C=C(\C#N)c3nc4ccccc4s3)sc2c1. The summed E-state index contributed by atoms with van der Waals surface area (Å²) in [6, 6.07) is 26.2. The second-order valence-electron chi connectivity index (χ2n) is 11.0. The Hall–Kier alpha value is -6.04. The van der Waals surface area contributed by atoms with Gasteiger partial charge in [-0.2, -0.15) is 15.2 Å². The highest BCUT2D eigenvalue weighted by molar-refractivity contribution is 7.20. The van der Waals surface area contributed by atoms with Crippen molar-refractivity contribution in [1.82, 2.24) is 30.2 Å². The van der Waals surface area contributed by atoms with Gasteiger partial charge in [0.1, 0.15) is 24.3 Å². The van der Waals surface area contributed by atoms with E-state index in [1.807, 2.05) is 72.6 Å². The highest BCUT2D eigenvalue weighted by atomic mass is 32.1. The Bertz CT molecular complexity index is 2320. The maximum absolute atomic E-state index is 12.4. The number of aromatic amines is 1. The van der Waals surface area contributed by atoms with E-state index in [1.165, 1.54) is 17.7 Å². The summed E-state index contributed by atoms with van der Waals surface area (Å²) < 4.78 is 13.4. The topological polar surface area (TPSA) is 168 Å². The van der Waals surface area contributed by atoms with Crippen molar-refractivity contribution >= 4 is 83.5 Å². The molecule has 14 heteroatoms. The first-order valence-electron chi connectivity index (χ1n) is 15.2. The molecule has 1 amide bonds. The van der Waals surface area contributed by atoms with Gasteiger partial charge < -0.3 is 30.4 Å². The molecule has 0 radical (unpaired) electrons. The van der Waals surface area contributed by atoms with E-state index in [0.29, 0.717) is 40.7 Å². The molecular formula is C35H29N9O3S2. The lowest BCUT2D eigenvalue weighted by molar-refractivity contribution is 0.148. The summed E-state index contributed by atoms with van der Waals surface area (Å²) in [4.78, 5) is 35.3. The molecule has 0 atom stereocenters. The normalized spacial score (nSPS) is 11.6. The number of nitrogens with one attached hydrogen (secondary N) is 2. The van der Waals surface area contributed by atoms with Crippen LogP contribution in [-0.4, -0.2) is 51.2 Å². The number of likely N-dealkylation sites (N-methyl/N-ethyl adjacent to an activating group) is 1. The number of H-pyrrole nitrogens is 1. The number of nitrogens with zero attached hydrogens (tertiary/aromatic N) is 6. The predicted molar refractivity (Wildman–Crippen MR) is 193 cm³/mol. The third-order valence-electron chi connectivity index (χ3n) is 7.65. The smallest absolute Gasteiger partial charge is 0.407 e. The summed E-state index contributed by atoms with van der Waals surface area (Å²) in [7, 11) is 1.96. The van der Waals surface area contributed by atoms with Gasteiger partial charge in [0.2, 0.25) is 11.8 Å². The number of nitrogen functional groups attached to an aromatic ring is 1. The molecular weight excluding hydrogens is 659 g/mol. The number of nitrogens with two attached hydrogens (primary N) is 1. The van der Waals surface area contributed by atoms with E-state index in [9.17, 15) is 10.1 Å². The van der Waals surface area contributed by atoms with Gasteiger partial charge in [0, 0.05) is 28.9 Å². The Balaban J connectivity index is 0.879. The summed E-state index contributed by atoms with van der Waals surface area (Å²) in [5.41, 5.74) is 11.1. The number of thiazole rings is 1. The number of thiophene rings is 1. The average molecular weight is 688 g/mol. The van der Waals surface area contributed by atoms with Crippen molar-refractivity contribution in [3.63, 3.8) is 0 Å². The molecule has 0 saturated heterocycles. The molecule has 244 valence electrons. The van der Waals surface area contributed by atoms with Crippen LogP contribution in [0.1, 0.15) is 21.0 Å². The number of nitriles is 1. The summed E-state index contributed by atoms with van der Waals surface area (Å²) in [5, 5.41) is 14.5. The van der Waals surface area contributed by atoms with Crippen molar-refractivity contribution in [3.8, 4) is 11.9 Å². The van der Waals surface area contributed by atoms with Gasteiger partial charge >= 0.3 is 6.09 Å². The van der Waals surface area contributed by atoms with Crippen molar-refractivity contribution in [3.05, 3.63) is 100 Å². The molecule has 12 nitrogen and oxygen atoms in total. The molecule has 0 bridgehead atoms. The van der Waals surface area contributed by atoms with Gasteiger partial charge in [-0.25, -0.2) is 14.8 Å². The fraction of sp³-hybridized carbons (Fsp3) is 0.143. The van der Waals surface area contributed by atoms with Gasteiger partial charge in [0.15, 0.2) is 11.2 Å². The minimum atomic E-state index is -0.489. The Morgan fingerprint density at radius 3 is 2.71 bits per heavy atom. The zero-order chi connectivity index (χ0) is 33.7. The highest BCUT2D eigenvalue weighted by Crippen LogP contribution is 2.33. The summed E-state index contributed by atoms with van der Waals surface area (Å²) >= 11 is 3.14. The number of ether oxygens (including phenoxy) is 2. The number of hydrogen-bond donors (Lipinski definition) is 3.